The summed E-state index contributed by atoms with van der Waals surface area (Å²) in [6.45, 7) is 6.31. The molecule has 3 N–H and O–H groups in total. The number of carbonyl (C=O) groups is 1. The molecule has 0 radical (unpaired) electrons. The minimum Gasteiger partial charge on any atom is -0.463 e. The molecule has 4 rings (SSSR count). The van der Waals surface area contributed by atoms with E-state index in [0.29, 0.717) is 0 Å². The molecule has 9 nitrogen and oxygen atoms in total. The Labute approximate surface area is 220 Å². The van der Waals surface area contributed by atoms with Crippen LogP contribution in [0, 0.1) is 23.1 Å². The highest BCUT2D eigenvalue weighted by molar-refractivity contribution is 7.94. The molecule has 0 unspecified atom stereocenters. The number of fused-ring (bicyclic) bond motifs is 2. The highest BCUT2D eigenvalue weighted by Crippen LogP contribution is 2.52. The zero-order valence-corrected chi connectivity index (χ0v) is 22.3. The highest BCUT2D eigenvalue weighted by atomic mass is 32.2. The van der Waals surface area contributed by atoms with Crippen LogP contribution in [0.4, 0.5) is 14.5 Å². The predicted octanol–water partition coefficient (Wildman–Crippen LogP) is 3.17. The van der Waals surface area contributed by atoms with Crippen LogP contribution in [0.25, 0.3) is 0 Å². The van der Waals surface area contributed by atoms with Crippen molar-refractivity contribution < 1.29 is 26.7 Å². The molecular weight excluding hydrogens is 516 g/mol. The Kier molecular flexibility index (Phi) is 6.95. The first-order chi connectivity index (χ1) is 17.7. The van der Waals surface area contributed by atoms with Crippen molar-refractivity contribution in [1.82, 2.24) is 9.97 Å². The normalized spacial score (nSPS) is 25.6. The van der Waals surface area contributed by atoms with Crippen molar-refractivity contribution in [3.05, 3.63) is 47.7 Å². The first kappa shape index (κ1) is 27.4. The Bertz CT molecular complexity index is 1460. The average Bonchev–Trinajstić information content (AvgIpc) is 3.06. The fourth-order valence-electron chi connectivity index (χ4n) is 4.77. The van der Waals surface area contributed by atoms with Crippen LogP contribution in [0.2, 0.25) is 0 Å². The molecule has 0 spiro atoms. The molecule has 12 heteroatoms. The molecule has 3 atom stereocenters. The number of sulfone groups is 1. The van der Waals surface area contributed by atoms with Gasteiger partial charge in [-0.25, -0.2) is 27.2 Å². The average molecular weight is 546 g/mol. The molecule has 2 aliphatic heterocycles. The Balaban J connectivity index is 1.54. The van der Waals surface area contributed by atoms with Gasteiger partial charge < -0.3 is 15.8 Å². The second-order valence-corrected chi connectivity index (χ2v) is 13.0. The smallest absolute Gasteiger partial charge is 0.275 e. The van der Waals surface area contributed by atoms with Gasteiger partial charge in [-0.05, 0) is 58.7 Å². The third kappa shape index (κ3) is 4.71. The molecule has 1 saturated heterocycles. The number of carbonyl (C=O) groups excluding carboxylic acids is 1. The number of hydrogen-bond acceptors (Lipinski definition) is 8. The number of aliphatic imine (C=N–C) groups is 1. The summed E-state index contributed by atoms with van der Waals surface area (Å²) in [6, 6.07) is 3.73. The van der Waals surface area contributed by atoms with E-state index in [1.165, 1.54) is 31.5 Å². The van der Waals surface area contributed by atoms with Crippen molar-refractivity contribution in [2.45, 2.75) is 56.1 Å². The highest BCUT2D eigenvalue weighted by Gasteiger charge is 2.65. The maximum Gasteiger partial charge on any atom is 0.275 e. The molecule has 1 aromatic heterocycles. The van der Waals surface area contributed by atoms with E-state index in [1.807, 2.05) is 20.8 Å². The summed E-state index contributed by atoms with van der Waals surface area (Å²) in [4.78, 5) is 25.2. The zero-order valence-electron chi connectivity index (χ0n) is 21.5. The van der Waals surface area contributed by atoms with Gasteiger partial charge in [0.2, 0.25) is 5.88 Å². The Morgan fingerprint density at radius 3 is 2.66 bits per heavy atom. The predicted molar refractivity (Wildman–Crippen MR) is 139 cm³/mol. The molecule has 0 saturated carbocycles. The lowest BCUT2D eigenvalue weighted by atomic mass is 9.86. The Morgan fingerprint density at radius 2 is 2.03 bits per heavy atom. The fourth-order valence-corrected chi connectivity index (χ4v) is 7.41. The molecule has 202 valence electrons. The minimum atomic E-state index is -4.08. The van der Waals surface area contributed by atoms with Crippen molar-refractivity contribution >= 4 is 27.3 Å². The number of anilines is 1. The number of nitrogens with one attached hydrogen (secondary N) is 1. The van der Waals surface area contributed by atoms with E-state index in [9.17, 15) is 17.6 Å². The third-order valence-corrected chi connectivity index (χ3v) is 9.83. The molecule has 2 aliphatic rings. The van der Waals surface area contributed by atoms with Crippen LogP contribution in [0.1, 0.15) is 56.6 Å². The van der Waals surface area contributed by atoms with Gasteiger partial charge in [0, 0.05) is 16.7 Å². The van der Waals surface area contributed by atoms with E-state index >= 15 is 4.39 Å². The van der Waals surface area contributed by atoms with Gasteiger partial charge in [0.1, 0.15) is 29.6 Å². The van der Waals surface area contributed by atoms with E-state index in [0.717, 1.165) is 6.07 Å². The first-order valence-corrected chi connectivity index (χ1v) is 13.5. The second kappa shape index (κ2) is 9.62. The van der Waals surface area contributed by atoms with E-state index in [1.54, 1.807) is 0 Å². The summed E-state index contributed by atoms with van der Waals surface area (Å²) in [7, 11) is -4.08. The van der Waals surface area contributed by atoms with E-state index < -0.39 is 43.8 Å². The Hall–Kier alpha value is -3.59. The zero-order chi connectivity index (χ0) is 27.9. The van der Waals surface area contributed by atoms with E-state index in [-0.39, 0.29) is 53.5 Å². The van der Waals surface area contributed by atoms with E-state index in [2.05, 4.69) is 32.1 Å². The number of amidine groups is 1. The van der Waals surface area contributed by atoms with Crippen molar-refractivity contribution in [3.63, 3.8) is 0 Å². The molecular formula is C26H29F2N5O4S. The number of aromatic nitrogens is 2. The molecule has 1 aromatic carbocycles. The van der Waals surface area contributed by atoms with Crippen LogP contribution < -0.4 is 15.8 Å². The lowest BCUT2D eigenvalue weighted by Gasteiger charge is -2.39. The van der Waals surface area contributed by atoms with Gasteiger partial charge in [-0.2, -0.15) is 0 Å². The summed E-state index contributed by atoms with van der Waals surface area (Å²) in [5, 5.41) is 1.44. The maximum atomic E-state index is 15.0. The molecule has 1 amide bonds. The maximum absolute atomic E-state index is 15.0. The lowest BCUT2D eigenvalue weighted by Crippen LogP contribution is -2.58. The largest absolute Gasteiger partial charge is 0.463 e. The number of hydrogen-bond donors (Lipinski definition) is 2. The van der Waals surface area contributed by atoms with Crippen LogP contribution in [0.3, 0.4) is 0 Å². The summed E-state index contributed by atoms with van der Waals surface area (Å²) < 4.78 is 58.9. The van der Waals surface area contributed by atoms with Crippen molar-refractivity contribution in [2.24, 2.45) is 16.1 Å². The number of rotatable bonds is 6. The van der Waals surface area contributed by atoms with Crippen LogP contribution >= 0.6 is 0 Å². The summed E-state index contributed by atoms with van der Waals surface area (Å²) in [6.07, 6.45) is 2.56. The van der Waals surface area contributed by atoms with Crippen molar-refractivity contribution in [3.8, 4) is 17.7 Å². The number of nitrogens with two attached hydrogens (primary N) is 1. The number of nitrogens with zero attached hydrogens (tertiary/aromatic N) is 3. The molecule has 38 heavy (non-hydrogen) atoms. The standard InChI is InChI=1S/C26H29F2N5O4S/c1-24(2,3)9-5-11-37-21-14-30-19(13-31-21)22(34)32-16-6-7-18(28)17(12-16)25(4)20-8-10-26(15-27,23(29)33-25)38(20,35)36/h6-7,12-14,20H,8,10-11,15H2,1-4H3,(H2,29,33)(H,32,34)/t20-,25-,26-/m1/s1. The summed E-state index contributed by atoms with van der Waals surface area (Å²) in [5.41, 5.74) is 4.29. The lowest BCUT2D eigenvalue weighted by molar-refractivity contribution is 0.102. The summed E-state index contributed by atoms with van der Waals surface area (Å²) >= 11 is 0. The number of halogens is 2. The van der Waals surface area contributed by atoms with Gasteiger partial charge in [-0.15, -0.1) is 0 Å². The van der Waals surface area contributed by atoms with E-state index in [4.69, 9.17) is 10.5 Å². The van der Waals surface area contributed by atoms with Gasteiger partial charge in [-0.1, -0.05) is 11.8 Å². The molecule has 3 heterocycles. The number of ether oxygens (including phenoxy) is 1. The molecule has 1 fully saturated rings. The van der Waals surface area contributed by atoms with Crippen LogP contribution in [-0.4, -0.2) is 53.4 Å². The quantitative estimate of drug-likeness (QED) is 0.532. The second-order valence-electron chi connectivity index (χ2n) is 10.6. The molecule has 2 aromatic rings. The van der Waals surface area contributed by atoms with Crippen molar-refractivity contribution in [2.75, 3.05) is 18.6 Å². The first-order valence-electron chi connectivity index (χ1n) is 11.9. The molecule has 0 aliphatic carbocycles. The van der Waals surface area contributed by atoms with Crippen LogP contribution in [0.15, 0.2) is 35.6 Å². The minimum absolute atomic E-state index is 0.0266. The fraction of sp³-hybridized carbons (Fsp3) is 0.462. The topological polar surface area (TPSA) is 137 Å². The summed E-state index contributed by atoms with van der Waals surface area (Å²) in [5.74, 6) is 4.37. The monoisotopic (exact) mass is 545 g/mol. The number of amides is 1. The van der Waals surface area contributed by atoms with Crippen molar-refractivity contribution in [1.29, 1.82) is 0 Å². The number of alkyl halides is 1. The van der Waals surface area contributed by atoms with Gasteiger partial charge in [-0.3, -0.25) is 9.79 Å². The van der Waals surface area contributed by atoms with Gasteiger partial charge in [0.05, 0.1) is 17.6 Å². The SMILES string of the molecule is CC(C)(C)C#CCOc1cnc(C(=O)Nc2ccc(F)c([C@@]3(C)N=C(N)[C@]4(CF)CC[C@H]3S4(=O)=O)c2)cn1. The Morgan fingerprint density at radius 1 is 1.29 bits per heavy atom. The van der Waals surface area contributed by atoms with Gasteiger partial charge in [0.15, 0.2) is 21.2 Å². The van der Waals surface area contributed by atoms with Crippen LogP contribution in [0.5, 0.6) is 5.88 Å². The van der Waals surface area contributed by atoms with Gasteiger partial charge in [0.25, 0.3) is 5.91 Å². The number of benzene rings is 1. The molecule has 2 bridgehead atoms. The third-order valence-electron chi connectivity index (χ3n) is 6.78. The van der Waals surface area contributed by atoms with Gasteiger partial charge >= 0.3 is 0 Å². The van der Waals surface area contributed by atoms with Crippen LogP contribution in [-0.2, 0) is 15.4 Å².